The van der Waals surface area contributed by atoms with Crippen molar-refractivity contribution >= 4 is 10.9 Å². The summed E-state index contributed by atoms with van der Waals surface area (Å²) in [5.41, 5.74) is 0.707. The number of fused-ring (bicyclic) bond motifs is 1. The zero-order valence-electron chi connectivity index (χ0n) is 12.5. The van der Waals surface area contributed by atoms with Gasteiger partial charge in [-0.15, -0.1) is 0 Å². The monoisotopic (exact) mass is 287 g/mol. The predicted octanol–water partition coefficient (Wildman–Crippen LogP) is 1.57. The maximum atomic E-state index is 12.0. The fourth-order valence-electron chi connectivity index (χ4n) is 2.79. The maximum absolute atomic E-state index is 12.0. The third-order valence-corrected chi connectivity index (χ3v) is 4.03. The van der Waals surface area contributed by atoms with E-state index < -0.39 is 0 Å². The van der Waals surface area contributed by atoms with Gasteiger partial charge in [0.15, 0.2) is 0 Å². The van der Waals surface area contributed by atoms with Crippen molar-refractivity contribution in [3.05, 3.63) is 40.4 Å². The minimum Gasteiger partial charge on any atom is -0.376 e. The highest BCUT2D eigenvalue weighted by atomic mass is 16.5. The number of rotatable bonds is 3. The van der Waals surface area contributed by atoms with E-state index in [2.05, 4.69) is 28.7 Å². The van der Waals surface area contributed by atoms with Crippen LogP contribution in [-0.2, 0) is 11.2 Å². The Balaban J connectivity index is 1.74. The number of hydrogen-bond acceptors (Lipinski definition) is 4. The lowest BCUT2D eigenvalue weighted by Gasteiger charge is -2.36. The minimum absolute atomic E-state index is 0.0565. The van der Waals surface area contributed by atoms with Crippen LogP contribution in [0.5, 0.6) is 0 Å². The molecule has 112 valence electrons. The summed E-state index contributed by atoms with van der Waals surface area (Å²) >= 11 is 0. The van der Waals surface area contributed by atoms with Gasteiger partial charge in [0.05, 0.1) is 23.6 Å². The number of aromatic nitrogens is 2. The van der Waals surface area contributed by atoms with Gasteiger partial charge in [-0.05, 0) is 26.0 Å². The van der Waals surface area contributed by atoms with Crippen LogP contribution in [0.15, 0.2) is 29.1 Å². The Bertz CT molecular complexity index is 683. The quantitative estimate of drug-likeness (QED) is 0.931. The van der Waals surface area contributed by atoms with Gasteiger partial charge >= 0.3 is 0 Å². The topological polar surface area (TPSA) is 58.2 Å². The first-order valence-corrected chi connectivity index (χ1v) is 7.47. The van der Waals surface area contributed by atoms with E-state index in [9.17, 15) is 4.79 Å². The molecule has 1 aliphatic heterocycles. The van der Waals surface area contributed by atoms with Gasteiger partial charge in [0.1, 0.15) is 5.82 Å². The molecule has 0 bridgehead atoms. The molecule has 1 aromatic carbocycles. The standard InChI is InChI=1S/C16H21N3O2/c1-11-10-21-12(2)9-19(11)8-7-15-17-14-6-4-3-5-13(14)16(20)18-15/h3-6,11-12H,7-10H2,1-2H3,(H,17,18,20)/t11-,12+/m1/s1. The Morgan fingerprint density at radius 2 is 2.19 bits per heavy atom. The van der Waals surface area contributed by atoms with Crippen molar-refractivity contribution < 1.29 is 4.74 Å². The van der Waals surface area contributed by atoms with Crippen LogP contribution in [0.3, 0.4) is 0 Å². The van der Waals surface area contributed by atoms with E-state index in [4.69, 9.17) is 4.74 Å². The summed E-state index contributed by atoms with van der Waals surface area (Å²) in [5.74, 6) is 0.755. The molecule has 0 saturated carbocycles. The summed E-state index contributed by atoms with van der Waals surface area (Å²) in [5, 5.41) is 0.648. The van der Waals surface area contributed by atoms with Crippen molar-refractivity contribution in [2.75, 3.05) is 19.7 Å². The molecule has 0 unspecified atom stereocenters. The van der Waals surface area contributed by atoms with Crippen LogP contribution in [0.25, 0.3) is 10.9 Å². The highest BCUT2D eigenvalue weighted by Gasteiger charge is 2.23. The molecule has 1 fully saturated rings. The smallest absolute Gasteiger partial charge is 0.258 e. The van der Waals surface area contributed by atoms with Crippen molar-refractivity contribution in [3.8, 4) is 0 Å². The van der Waals surface area contributed by atoms with Gasteiger partial charge in [-0.2, -0.15) is 0 Å². The first kappa shape index (κ1) is 14.2. The van der Waals surface area contributed by atoms with Crippen molar-refractivity contribution in [1.82, 2.24) is 14.9 Å². The van der Waals surface area contributed by atoms with Gasteiger partial charge in [-0.25, -0.2) is 4.98 Å². The second-order valence-electron chi connectivity index (χ2n) is 5.77. The van der Waals surface area contributed by atoms with E-state index in [0.717, 1.165) is 37.5 Å². The number of ether oxygens (including phenoxy) is 1. The highest BCUT2D eigenvalue weighted by Crippen LogP contribution is 2.12. The molecule has 0 radical (unpaired) electrons. The number of hydrogen-bond donors (Lipinski definition) is 1. The second kappa shape index (κ2) is 5.95. The summed E-state index contributed by atoms with van der Waals surface area (Å²) in [4.78, 5) is 21.9. The van der Waals surface area contributed by atoms with E-state index in [-0.39, 0.29) is 11.7 Å². The maximum Gasteiger partial charge on any atom is 0.258 e. The molecule has 21 heavy (non-hydrogen) atoms. The largest absolute Gasteiger partial charge is 0.376 e. The van der Waals surface area contributed by atoms with Crippen LogP contribution < -0.4 is 5.56 Å². The fourth-order valence-corrected chi connectivity index (χ4v) is 2.79. The summed E-state index contributed by atoms with van der Waals surface area (Å²) in [6.07, 6.45) is 1.02. The first-order valence-electron chi connectivity index (χ1n) is 7.47. The Morgan fingerprint density at radius 3 is 3.05 bits per heavy atom. The molecule has 2 heterocycles. The molecular formula is C16H21N3O2. The predicted molar refractivity (Wildman–Crippen MR) is 82.5 cm³/mol. The van der Waals surface area contributed by atoms with Crippen LogP contribution in [-0.4, -0.2) is 46.7 Å². The number of morpholine rings is 1. The number of aromatic amines is 1. The van der Waals surface area contributed by atoms with Crippen LogP contribution in [0.4, 0.5) is 0 Å². The second-order valence-corrected chi connectivity index (χ2v) is 5.77. The minimum atomic E-state index is -0.0565. The lowest BCUT2D eigenvalue weighted by molar-refractivity contribution is -0.0488. The summed E-state index contributed by atoms with van der Waals surface area (Å²) in [7, 11) is 0. The molecule has 2 aromatic rings. The van der Waals surface area contributed by atoms with E-state index in [1.54, 1.807) is 6.07 Å². The normalized spacial score (nSPS) is 23.5. The molecule has 5 heteroatoms. The number of H-pyrrole nitrogens is 1. The van der Waals surface area contributed by atoms with E-state index >= 15 is 0 Å². The molecule has 0 aliphatic carbocycles. The molecule has 5 nitrogen and oxygen atoms in total. The number of nitrogens with one attached hydrogen (secondary N) is 1. The summed E-state index contributed by atoms with van der Waals surface area (Å²) in [6, 6.07) is 7.86. The van der Waals surface area contributed by atoms with Gasteiger partial charge in [-0.1, -0.05) is 12.1 Å². The Morgan fingerprint density at radius 1 is 1.38 bits per heavy atom. The number of nitrogens with zero attached hydrogens (tertiary/aromatic N) is 2. The average molecular weight is 287 g/mol. The zero-order valence-corrected chi connectivity index (χ0v) is 12.5. The molecule has 0 spiro atoms. The van der Waals surface area contributed by atoms with Gasteiger partial charge < -0.3 is 9.72 Å². The van der Waals surface area contributed by atoms with Crippen LogP contribution in [0.2, 0.25) is 0 Å². The Labute approximate surface area is 124 Å². The molecule has 3 rings (SSSR count). The van der Waals surface area contributed by atoms with Crippen LogP contribution in [0, 0.1) is 0 Å². The van der Waals surface area contributed by atoms with E-state index in [1.165, 1.54) is 0 Å². The number of para-hydroxylation sites is 1. The third kappa shape index (κ3) is 3.14. The Kier molecular flexibility index (Phi) is 4.03. The molecule has 0 amide bonds. The highest BCUT2D eigenvalue weighted by molar-refractivity contribution is 5.77. The SMILES string of the molecule is C[C@@H]1CO[C@@H](C)CN1CCc1nc2ccccc2c(=O)[nH]1. The molecule has 1 saturated heterocycles. The Hall–Kier alpha value is -1.72. The van der Waals surface area contributed by atoms with Crippen molar-refractivity contribution in [1.29, 1.82) is 0 Å². The van der Waals surface area contributed by atoms with Crippen LogP contribution >= 0.6 is 0 Å². The lowest BCUT2D eigenvalue weighted by atomic mass is 10.2. The van der Waals surface area contributed by atoms with Crippen LogP contribution in [0.1, 0.15) is 19.7 Å². The van der Waals surface area contributed by atoms with Crippen molar-refractivity contribution in [3.63, 3.8) is 0 Å². The van der Waals surface area contributed by atoms with E-state index in [1.807, 2.05) is 18.2 Å². The molecule has 1 N–H and O–H groups in total. The number of benzene rings is 1. The first-order chi connectivity index (χ1) is 10.1. The lowest BCUT2D eigenvalue weighted by Crippen LogP contribution is -2.48. The van der Waals surface area contributed by atoms with E-state index in [0.29, 0.717) is 11.4 Å². The molecular weight excluding hydrogens is 266 g/mol. The summed E-state index contributed by atoms with van der Waals surface area (Å²) in [6.45, 7) is 6.84. The van der Waals surface area contributed by atoms with Gasteiger partial charge in [0.2, 0.25) is 0 Å². The van der Waals surface area contributed by atoms with Gasteiger partial charge in [-0.3, -0.25) is 9.69 Å². The molecule has 2 atom stereocenters. The average Bonchev–Trinajstić information content (AvgIpc) is 2.48. The molecule has 1 aromatic heterocycles. The van der Waals surface area contributed by atoms with Gasteiger partial charge in [0, 0.05) is 25.6 Å². The third-order valence-electron chi connectivity index (χ3n) is 4.03. The van der Waals surface area contributed by atoms with Gasteiger partial charge in [0.25, 0.3) is 5.56 Å². The van der Waals surface area contributed by atoms with Crippen molar-refractivity contribution in [2.45, 2.75) is 32.4 Å². The zero-order chi connectivity index (χ0) is 14.8. The molecule has 1 aliphatic rings. The van der Waals surface area contributed by atoms with Crippen molar-refractivity contribution in [2.24, 2.45) is 0 Å². The summed E-state index contributed by atoms with van der Waals surface area (Å²) < 4.78 is 5.63. The fraction of sp³-hybridized carbons (Fsp3) is 0.500.